The van der Waals surface area contributed by atoms with Crippen LogP contribution < -0.4 is 10.6 Å². The Morgan fingerprint density at radius 3 is 1.77 bits per heavy atom. The fourth-order valence-corrected chi connectivity index (χ4v) is 12.4. The fraction of sp³-hybridized carbons (Fsp3) is 0.736. The Kier molecular flexibility index (Phi) is 21.6. The van der Waals surface area contributed by atoms with Crippen molar-refractivity contribution in [3.05, 3.63) is 72.9 Å². The summed E-state index contributed by atoms with van der Waals surface area (Å²) in [5.74, 6) is 3.46. The number of allylic oxidation sites excluding steroid dienone is 12. The van der Waals surface area contributed by atoms with Gasteiger partial charge in [0.05, 0.1) is 12.2 Å². The second-order valence-electron chi connectivity index (χ2n) is 19.6. The summed E-state index contributed by atoms with van der Waals surface area (Å²) in [6, 6.07) is 0. The predicted molar refractivity (Wildman–Crippen MR) is 251 cm³/mol. The molecule has 338 valence electrons. The Morgan fingerprint density at radius 1 is 0.683 bits per heavy atom. The minimum absolute atomic E-state index is 0.0776. The number of amides is 2. The zero-order chi connectivity index (χ0) is 43.4. The molecule has 11 unspecified atom stereocenters. The maximum absolute atomic E-state index is 13.0. The monoisotopic (exact) mass is 830 g/mol. The van der Waals surface area contributed by atoms with Crippen molar-refractivity contribution in [2.24, 2.45) is 52.3 Å². The van der Waals surface area contributed by atoms with Gasteiger partial charge in [-0.25, -0.2) is 0 Å². The molecule has 4 N–H and O–H groups in total. The van der Waals surface area contributed by atoms with Gasteiger partial charge in [-0.05, 0) is 156 Å². The molecule has 0 bridgehead atoms. The van der Waals surface area contributed by atoms with Crippen molar-refractivity contribution in [1.29, 1.82) is 0 Å². The van der Waals surface area contributed by atoms with Crippen molar-refractivity contribution >= 4 is 11.8 Å². The smallest absolute Gasteiger partial charge is 0.220 e. The molecule has 60 heavy (non-hydrogen) atoms. The molecule has 11 atom stereocenters. The zero-order valence-corrected chi connectivity index (χ0v) is 38.8. The molecular weight excluding hydrogens is 743 g/mol. The summed E-state index contributed by atoms with van der Waals surface area (Å²) in [6.45, 7) is 14.5. The number of hydrogen-bond donors (Lipinski definition) is 4. The zero-order valence-electron chi connectivity index (χ0n) is 38.8. The van der Waals surface area contributed by atoms with E-state index in [0.29, 0.717) is 61.4 Å². The van der Waals surface area contributed by atoms with Crippen LogP contribution in [-0.4, -0.2) is 72.4 Å². The van der Waals surface area contributed by atoms with Crippen LogP contribution in [0.2, 0.25) is 0 Å². The summed E-state index contributed by atoms with van der Waals surface area (Å²) in [6.07, 6.45) is 43.1. The van der Waals surface area contributed by atoms with Gasteiger partial charge in [0.1, 0.15) is 0 Å². The first-order valence-corrected chi connectivity index (χ1v) is 24.4. The molecule has 7 nitrogen and oxygen atoms in total. The minimum Gasteiger partial charge on any atom is -0.393 e. The number of hydrogen-bond acceptors (Lipinski definition) is 5. The molecule has 4 fully saturated rings. The highest BCUT2D eigenvalue weighted by molar-refractivity contribution is 5.76. The number of rotatable bonds is 25. The van der Waals surface area contributed by atoms with E-state index in [0.717, 1.165) is 90.1 Å². The number of fused-ring (bicyclic) bond motifs is 5. The fourth-order valence-electron chi connectivity index (χ4n) is 12.4. The summed E-state index contributed by atoms with van der Waals surface area (Å²) in [4.78, 5) is 27.4. The highest BCUT2D eigenvalue weighted by Crippen LogP contribution is 2.69. The predicted octanol–water partition coefficient (Wildman–Crippen LogP) is 10.7. The van der Waals surface area contributed by atoms with Crippen molar-refractivity contribution in [3.8, 4) is 0 Å². The number of carbonyl (C=O) groups is 2. The van der Waals surface area contributed by atoms with Crippen LogP contribution in [0.3, 0.4) is 0 Å². The van der Waals surface area contributed by atoms with Gasteiger partial charge >= 0.3 is 0 Å². The Labute approximate surface area is 366 Å². The lowest BCUT2D eigenvalue weighted by Gasteiger charge is -2.64. The topological polar surface area (TPSA) is 102 Å². The largest absolute Gasteiger partial charge is 0.393 e. The maximum atomic E-state index is 13.0. The van der Waals surface area contributed by atoms with Crippen LogP contribution in [0.5, 0.6) is 0 Å². The summed E-state index contributed by atoms with van der Waals surface area (Å²) < 4.78 is 0. The molecule has 0 aromatic carbocycles. The summed E-state index contributed by atoms with van der Waals surface area (Å²) in [5.41, 5.74) is 0.450. The number of nitrogens with zero attached hydrogens (tertiary/aromatic N) is 1. The van der Waals surface area contributed by atoms with Gasteiger partial charge in [-0.15, -0.1) is 0 Å². The van der Waals surface area contributed by atoms with Crippen LogP contribution in [-0.2, 0) is 9.59 Å². The first kappa shape index (κ1) is 49.9. The normalized spacial score (nSPS) is 32.5. The Morgan fingerprint density at radius 2 is 1.20 bits per heavy atom. The summed E-state index contributed by atoms with van der Waals surface area (Å²) >= 11 is 0. The number of carbonyl (C=O) groups excluding carboxylic acids is 2. The second kappa shape index (κ2) is 26.0. The van der Waals surface area contributed by atoms with Gasteiger partial charge in [-0.2, -0.15) is 0 Å². The van der Waals surface area contributed by atoms with Crippen LogP contribution in [0.4, 0.5) is 0 Å². The van der Waals surface area contributed by atoms with E-state index in [1.807, 2.05) is 7.05 Å². The van der Waals surface area contributed by atoms with Crippen molar-refractivity contribution in [1.82, 2.24) is 15.5 Å². The van der Waals surface area contributed by atoms with E-state index in [1.54, 1.807) is 0 Å². The number of aliphatic hydroxyl groups is 2. The van der Waals surface area contributed by atoms with Crippen molar-refractivity contribution in [2.75, 3.05) is 33.2 Å². The van der Waals surface area contributed by atoms with E-state index in [1.165, 1.54) is 25.7 Å². The average molecular weight is 830 g/mol. The van der Waals surface area contributed by atoms with E-state index in [4.69, 9.17) is 0 Å². The molecule has 0 aromatic rings. The van der Waals surface area contributed by atoms with Crippen molar-refractivity contribution in [3.63, 3.8) is 0 Å². The molecule has 0 heterocycles. The van der Waals surface area contributed by atoms with Gasteiger partial charge in [0, 0.05) is 39.0 Å². The summed E-state index contributed by atoms with van der Waals surface area (Å²) in [5, 5.41) is 28.8. The van der Waals surface area contributed by atoms with Crippen LogP contribution in [0.25, 0.3) is 0 Å². The van der Waals surface area contributed by atoms with Crippen LogP contribution in [0.15, 0.2) is 72.9 Å². The minimum atomic E-state index is -0.263. The lowest BCUT2D eigenvalue weighted by Crippen LogP contribution is -2.62. The van der Waals surface area contributed by atoms with E-state index >= 15 is 0 Å². The Balaban J connectivity index is 1.02. The molecule has 4 rings (SSSR count). The molecule has 0 radical (unpaired) electrons. The van der Waals surface area contributed by atoms with Gasteiger partial charge in [-0.1, -0.05) is 114 Å². The van der Waals surface area contributed by atoms with E-state index in [-0.39, 0.29) is 40.8 Å². The molecule has 4 saturated carbocycles. The molecule has 0 aliphatic heterocycles. The van der Waals surface area contributed by atoms with Gasteiger partial charge in [0.25, 0.3) is 0 Å². The van der Waals surface area contributed by atoms with Gasteiger partial charge in [0.15, 0.2) is 0 Å². The highest BCUT2D eigenvalue weighted by atomic mass is 16.3. The van der Waals surface area contributed by atoms with Crippen LogP contribution in [0, 0.1) is 52.3 Å². The molecular formula is C53H87N3O4. The Bertz CT molecular complexity index is 1470. The first-order valence-electron chi connectivity index (χ1n) is 24.4. The molecule has 4 aliphatic rings. The SMILES string of the molecule is CCC=CCC=CCC=CCC=CCC=CCC=CCCC(=O)NCCN(C)CCNC(=O)CCC(C)C1CCC2C3C(O)C(CC)C4CC(O)CCC4(C)C3CCC12C. The third-order valence-electron chi connectivity index (χ3n) is 15.7. The average Bonchev–Trinajstić information content (AvgIpc) is 3.58. The molecule has 0 spiro atoms. The van der Waals surface area contributed by atoms with E-state index in [2.05, 4.69) is 123 Å². The number of likely N-dealkylation sites (N-methyl/N-ethyl adjacent to an activating group) is 1. The lowest BCUT2D eigenvalue weighted by atomic mass is 9.41. The lowest BCUT2D eigenvalue weighted by molar-refractivity contribution is -0.203. The van der Waals surface area contributed by atoms with Gasteiger partial charge < -0.3 is 25.7 Å². The first-order chi connectivity index (χ1) is 29.0. The van der Waals surface area contributed by atoms with E-state index < -0.39 is 0 Å². The van der Waals surface area contributed by atoms with Crippen molar-refractivity contribution < 1.29 is 19.8 Å². The molecule has 0 aromatic heterocycles. The molecule has 7 heteroatoms. The quantitative estimate of drug-likeness (QED) is 0.0687. The van der Waals surface area contributed by atoms with Crippen LogP contribution in [0.1, 0.15) is 150 Å². The summed E-state index contributed by atoms with van der Waals surface area (Å²) in [7, 11) is 2.04. The van der Waals surface area contributed by atoms with Crippen LogP contribution >= 0.6 is 0 Å². The molecule has 4 aliphatic carbocycles. The third-order valence-corrected chi connectivity index (χ3v) is 15.7. The third kappa shape index (κ3) is 14.4. The molecule has 2 amide bonds. The maximum Gasteiger partial charge on any atom is 0.220 e. The number of nitrogens with one attached hydrogen (secondary N) is 2. The van der Waals surface area contributed by atoms with Gasteiger partial charge in [0.2, 0.25) is 11.8 Å². The highest BCUT2D eigenvalue weighted by Gasteiger charge is 2.64. The standard InChI is InChI=1S/C53H87N3O4/c1-7-9-10-11-12-13-14-15-16-17-18-19-20-21-22-23-24-25-26-27-48(58)54-36-38-56(6)39-37-55-49(59)31-28-41(3)44-29-30-45-50-46(33-35-52(44,45)4)53(5)34-32-42(57)40-47(53)43(8-2)51(50)60/h9-10,12-13,15-16,18-19,21-22,24-25,41-47,50-51,57,60H,7-8,11,14,17,20,23,26-40H2,1-6H3,(H,54,58)(H,55,59). The van der Waals surface area contributed by atoms with E-state index in [9.17, 15) is 19.8 Å². The Hall–Kier alpha value is -2.74. The molecule has 0 saturated heterocycles. The second-order valence-corrected chi connectivity index (χ2v) is 19.6. The van der Waals surface area contributed by atoms with Gasteiger partial charge in [-0.3, -0.25) is 9.59 Å². The number of aliphatic hydroxyl groups excluding tert-OH is 2. The van der Waals surface area contributed by atoms with Crippen molar-refractivity contribution in [2.45, 2.75) is 162 Å².